The lowest BCUT2D eigenvalue weighted by atomic mass is 9.46. The van der Waals surface area contributed by atoms with E-state index >= 15 is 0 Å². The Kier molecular flexibility index (Phi) is 3.41. The minimum Gasteiger partial charge on any atom is -0.377 e. The molecular formula is C17H26N4O2. The van der Waals surface area contributed by atoms with E-state index in [0.29, 0.717) is 12.0 Å². The molecule has 4 atom stereocenters. The van der Waals surface area contributed by atoms with Gasteiger partial charge in [-0.1, -0.05) is 6.42 Å². The highest BCUT2D eigenvalue weighted by atomic mass is 16.5. The summed E-state index contributed by atoms with van der Waals surface area (Å²) in [5.74, 6) is 0.511. The van der Waals surface area contributed by atoms with Gasteiger partial charge in [0.05, 0.1) is 17.8 Å². The number of nitrogens with zero attached hydrogens (tertiary/aromatic N) is 2. The molecule has 1 aliphatic heterocycles. The van der Waals surface area contributed by atoms with E-state index in [0.717, 1.165) is 24.3 Å². The van der Waals surface area contributed by atoms with Crippen molar-refractivity contribution >= 4 is 6.03 Å². The zero-order valence-corrected chi connectivity index (χ0v) is 14.1. The Balaban J connectivity index is 1.39. The Morgan fingerprint density at radius 3 is 2.91 bits per heavy atom. The molecule has 3 aliphatic rings. The van der Waals surface area contributed by atoms with Crippen LogP contribution in [0.25, 0.3) is 0 Å². The molecule has 1 aromatic rings. The second kappa shape index (κ2) is 5.23. The highest BCUT2D eigenvalue weighted by Gasteiger charge is 2.67. The molecule has 2 heterocycles. The molecule has 6 nitrogen and oxygen atoms in total. The summed E-state index contributed by atoms with van der Waals surface area (Å²) in [6, 6.07) is 0.171. The summed E-state index contributed by atoms with van der Waals surface area (Å²) in [6.07, 6.45) is 7.08. The lowest BCUT2D eigenvalue weighted by Gasteiger charge is -2.63. The van der Waals surface area contributed by atoms with Crippen LogP contribution in [0.5, 0.6) is 0 Å². The molecule has 4 unspecified atom stereocenters. The summed E-state index contributed by atoms with van der Waals surface area (Å²) in [6.45, 7) is 4.83. The number of hydrogen-bond acceptors (Lipinski definition) is 3. The Hall–Kier alpha value is -1.56. The largest absolute Gasteiger partial charge is 0.377 e. The number of urea groups is 1. The van der Waals surface area contributed by atoms with Crippen LogP contribution in [0, 0.1) is 18.3 Å². The van der Waals surface area contributed by atoms with Gasteiger partial charge in [-0.25, -0.2) is 4.79 Å². The summed E-state index contributed by atoms with van der Waals surface area (Å²) in [5, 5.41) is 10.7. The molecule has 126 valence electrons. The zero-order valence-electron chi connectivity index (χ0n) is 14.1. The standard InChI is InChI=1S/C17H26N4O2/c1-10(13-9-21(3)20-11(13)2)18-16(22)19-14-12-5-8-23-15(12)17(14)6-4-7-17/h9-10,12,14-15H,4-8H2,1-3H3,(H2,18,19,22). The van der Waals surface area contributed by atoms with Crippen LogP contribution in [0.3, 0.4) is 0 Å². The van der Waals surface area contributed by atoms with Gasteiger partial charge in [0.1, 0.15) is 0 Å². The molecular weight excluding hydrogens is 292 g/mol. The molecule has 1 saturated heterocycles. The predicted octanol–water partition coefficient (Wildman–Crippen LogP) is 2.05. The molecule has 0 aromatic carbocycles. The number of nitrogens with one attached hydrogen (secondary N) is 2. The molecule has 6 heteroatoms. The number of aryl methyl sites for hydroxylation is 2. The minimum absolute atomic E-state index is 0.0447. The van der Waals surface area contributed by atoms with Gasteiger partial charge in [0.15, 0.2) is 0 Å². The summed E-state index contributed by atoms with van der Waals surface area (Å²) in [4.78, 5) is 12.5. The second-order valence-corrected chi connectivity index (χ2v) is 7.49. The topological polar surface area (TPSA) is 68.2 Å². The number of carbonyl (C=O) groups excluding carboxylic acids is 1. The van der Waals surface area contributed by atoms with Gasteiger partial charge >= 0.3 is 6.03 Å². The fraction of sp³-hybridized carbons (Fsp3) is 0.765. The smallest absolute Gasteiger partial charge is 0.315 e. The zero-order chi connectivity index (χ0) is 16.2. The van der Waals surface area contributed by atoms with Crippen molar-refractivity contribution in [3.8, 4) is 0 Å². The van der Waals surface area contributed by atoms with Crippen molar-refractivity contribution in [1.82, 2.24) is 20.4 Å². The van der Waals surface area contributed by atoms with Gasteiger partial charge < -0.3 is 15.4 Å². The SMILES string of the molecule is Cc1nn(C)cc1C(C)NC(=O)NC1C2CCOC2C12CCC2. The first-order chi connectivity index (χ1) is 11.0. The van der Waals surface area contributed by atoms with Gasteiger partial charge in [-0.3, -0.25) is 4.68 Å². The minimum atomic E-state index is -0.0672. The van der Waals surface area contributed by atoms with E-state index in [9.17, 15) is 4.79 Å². The summed E-state index contributed by atoms with van der Waals surface area (Å²) < 4.78 is 7.70. The highest BCUT2D eigenvalue weighted by molar-refractivity contribution is 5.75. The average Bonchev–Trinajstić information content (AvgIpc) is 2.99. The summed E-state index contributed by atoms with van der Waals surface area (Å²) >= 11 is 0. The van der Waals surface area contributed by atoms with Crippen LogP contribution in [0.2, 0.25) is 0 Å². The number of ether oxygens (including phenoxy) is 1. The molecule has 0 radical (unpaired) electrons. The summed E-state index contributed by atoms with van der Waals surface area (Å²) in [5.41, 5.74) is 2.26. The first-order valence-corrected chi connectivity index (χ1v) is 8.70. The van der Waals surface area contributed by atoms with Crippen molar-refractivity contribution in [3.63, 3.8) is 0 Å². The first-order valence-electron chi connectivity index (χ1n) is 8.70. The maximum atomic E-state index is 12.5. The molecule has 23 heavy (non-hydrogen) atoms. The number of rotatable bonds is 3. The Bertz CT molecular complexity index is 622. The Labute approximate surface area is 137 Å². The number of carbonyl (C=O) groups is 1. The quantitative estimate of drug-likeness (QED) is 0.896. The van der Waals surface area contributed by atoms with Crippen LogP contribution >= 0.6 is 0 Å². The predicted molar refractivity (Wildman–Crippen MR) is 85.9 cm³/mol. The maximum Gasteiger partial charge on any atom is 0.315 e. The molecule has 2 saturated carbocycles. The van der Waals surface area contributed by atoms with Gasteiger partial charge in [-0.05, 0) is 33.1 Å². The van der Waals surface area contributed by atoms with Crippen LogP contribution in [-0.4, -0.2) is 34.6 Å². The van der Waals surface area contributed by atoms with Crippen molar-refractivity contribution in [2.75, 3.05) is 6.61 Å². The monoisotopic (exact) mass is 318 g/mol. The van der Waals surface area contributed by atoms with E-state index in [1.807, 2.05) is 27.1 Å². The lowest BCUT2D eigenvalue weighted by Crippen LogP contribution is -2.72. The number of fused-ring (bicyclic) bond motifs is 2. The van der Waals surface area contributed by atoms with Crippen molar-refractivity contribution < 1.29 is 9.53 Å². The van der Waals surface area contributed by atoms with E-state index in [1.54, 1.807) is 4.68 Å². The molecule has 2 amide bonds. The van der Waals surface area contributed by atoms with Crippen molar-refractivity contribution in [3.05, 3.63) is 17.5 Å². The van der Waals surface area contributed by atoms with Crippen molar-refractivity contribution in [2.45, 2.75) is 57.7 Å². The van der Waals surface area contributed by atoms with Crippen LogP contribution in [0.15, 0.2) is 6.20 Å². The van der Waals surface area contributed by atoms with Crippen molar-refractivity contribution in [1.29, 1.82) is 0 Å². The molecule has 2 aliphatic carbocycles. The molecule has 1 spiro atoms. The van der Waals surface area contributed by atoms with Crippen LogP contribution in [0.4, 0.5) is 4.79 Å². The molecule has 2 N–H and O–H groups in total. The third-order valence-electron chi connectivity index (χ3n) is 6.19. The third-order valence-corrected chi connectivity index (χ3v) is 6.19. The third kappa shape index (κ3) is 2.18. The molecule has 3 fully saturated rings. The van der Waals surface area contributed by atoms with Crippen LogP contribution in [0.1, 0.15) is 49.9 Å². The highest BCUT2D eigenvalue weighted by Crippen LogP contribution is 2.62. The number of amides is 2. The van der Waals surface area contributed by atoms with E-state index in [4.69, 9.17) is 4.74 Å². The van der Waals surface area contributed by atoms with E-state index in [1.165, 1.54) is 19.3 Å². The first kappa shape index (κ1) is 15.0. The van der Waals surface area contributed by atoms with E-state index in [-0.39, 0.29) is 23.5 Å². The molecule has 4 rings (SSSR count). The van der Waals surface area contributed by atoms with Gasteiger partial charge in [-0.15, -0.1) is 0 Å². The maximum absolute atomic E-state index is 12.5. The number of aromatic nitrogens is 2. The normalized spacial score (nSPS) is 31.9. The molecule has 0 bridgehead atoms. The van der Waals surface area contributed by atoms with E-state index in [2.05, 4.69) is 15.7 Å². The lowest BCUT2D eigenvalue weighted by molar-refractivity contribution is -0.172. The fourth-order valence-corrected chi connectivity index (χ4v) is 4.96. The Morgan fingerprint density at radius 1 is 1.52 bits per heavy atom. The van der Waals surface area contributed by atoms with Gasteiger partial charge in [-0.2, -0.15) is 5.10 Å². The van der Waals surface area contributed by atoms with Crippen LogP contribution in [-0.2, 0) is 11.8 Å². The van der Waals surface area contributed by atoms with Gasteiger partial charge in [0.25, 0.3) is 0 Å². The van der Waals surface area contributed by atoms with E-state index < -0.39 is 0 Å². The average molecular weight is 318 g/mol. The Morgan fingerprint density at radius 2 is 2.30 bits per heavy atom. The summed E-state index contributed by atoms with van der Waals surface area (Å²) in [7, 11) is 1.90. The van der Waals surface area contributed by atoms with Gasteiger partial charge in [0, 0.05) is 42.8 Å². The number of hydrogen-bond donors (Lipinski definition) is 2. The van der Waals surface area contributed by atoms with Crippen molar-refractivity contribution in [2.24, 2.45) is 18.4 Å². The van der Waals surface area contributed by atoms with Gasteiger partial charge in [0.2, 0.25) is 0 Å². The fourth-order valence-electron chi connectivity index (χ4n) is 4.96. The second-order valence-electron chi connectivity index (χ2n) is 7.49. The van der Waals surface area contributed by atoms with Crippen LogP contribution < -0.4 is 10.6 Å². The molecule has 1 aromatic heterocycles.